The fourth-order valence-electron chi connectivity index (χ4n) is 2.39. The molecule has 0 spiro atoms. The summed E-state index contributed by atoms with van der Waals surface area (Å²) in [4.78, 5) is 0. The molecule has 1 N–H and O–H groups in total. The van der Waals surface area contributed by atoms with E-state index in [-0.39, 0.29) is 0 Å². The normalized spacial score (nSPS) is 21.7. The molecule has 2 heteroatoms. The summed E-state index contributed by atoms with van der Waals surface area (Å²) in [5, 5.41) is 10.9. The van der Waals surface area contributed by atoms with Gasteiger partial charge < -0.3 is 0 Å². The summed E-state index contributed by atoms with van der Waals surface area (Å²) in [6.07, 6.45) is 2.81. The molecule has 2 aromatic rings. The molecular formula is C17H16OTe. The minimum atomic E-state index is -0.801. The second-order valence-corrected chi connectivity index (χ2v) is 7.84. The van der Waals surface area contributed by atoms with Crippen LogP contribution in [0.15, 0.2) is 60.7 Å². The van der Waals surface area contributed by atoms with Gasteiger partial charge in [0.25, 0.3) is 0 Å². The van der Waals surface area contributed by atoms with Crippen molar-refractivity contribution in [3.8, 4) is 0 Å². The van der Waals surface area contributed by atoms with Gasteiger partial charge in [-0.05, 0) is 0 Å². The molecule has 1 unspecified atom stereocenters. The van der Waals surface area contributed by atoms with E-state index in [4.69, 9.17) is 0 Å². The predicted molar refractivity (Wildman–Crippen MR) is 80.4 cm³/mol. The second kappa shape index (κ2) is 5.13. The molecule has 1 aliphatic rings. The van der Waals surface area contributed by atoms with Gasteiger partial charge in [0.1, 0.15) is 0 Å². The molecule has 0 radical (unpaired) electrons. The van der Waals surface area contributed by atoms with Crippen LogP contribution in [-0.4, -0.2) is 26.0 Å². The third-order valence-corrected chi connectivity index (χ3v) is 6.82. The van der Waals surface area contributed by atoms with Crippen molar-refractivity contribution >= 4 is 28.2 Å². The average Bonchev–Trinajstić information content (AvgIpc) is 2.48. The fourth-order valence-corrected chi connectivity index (χ4v) is 5.95. The zero-order valence-electron chi connectivity index (χ0n) is 10.8. The Labute approximate surface area is 124 Å². The van der Waals surface area contributed by atoms with Gasteiger partial charge in [-0.25, -0.2) is 0 Å². The Kier molecular flexibility index (Phi) is 3.50. The molecule has 0 amide bonds. The molecule has 0 saturated heterocycles. The molecule has 0 saturated carbocycles. The molecular weight excluding hydrogens is 348 g/mol. The summed E-state index contributed by atoms with van der Waals surface area (Å²) < 4.78 is 2.70. The van der Waals surface area contributed by atoms with E-state index < -0.39 is 26.5 Å². The standard InChI is InChI=1S/C17H16OTe/c1-2-17(18)12-16(13-8-4-3-5-9-13)19-15-11-7-6-10-14(15)17/h3-12,18H,2H2,1H3. The van der Waals surface area contributed by atoms with Gasteiger partial charge in [-0.3, -0.25) is 0 Å². The van der Waals surface area contributed by atoms with Crippen molar-refractivity contribution in [3.63, 3.8) is 0 Å². The van der Waals surface area contributed by atoms with E-state index in [9.17, 15) is 5.11 Å². The summed E-state index contributed by atoms with van der Waals surface area (Å²) in [7, 11) is 0. The Morgan fingerprint density at radius 3 is 2.42 bits per heavy atom. The van der Waals surface area contributed by atoms with Crippen LogP contribution in [0.2, 0.25) is 0 Å². The zero-order valence-corrected chi connectivity index (χ0v) is 13.2. The first-order valence-electron chi connectivity index (χ1n) is 6.51. The van der Waals surface area contributed by atoms with Gasteiger partial charge >= 0.3 is 124 Å². The number of benzene rings is 2. The first kappa shape index (κ1) is 12.9. The molecule has 1 aliphatic heterocycles. The number of fused-ring (bicyclic) bond motifs is 1. The molecule has 0 bridgehead atoms. The maximum absolute atomic E-state index is 10.9. The van der Waals surface area contributed by atoms with E-state index in [1.165, 1.54) is 12.8 Å². The Bertz CT molecular complexity index is 618. The van der Waals surface area contributed by atoms with E-state index in [0.717, 1.165) is 5.56 Å². The van der Waals surface area contributed by atoms with Crippen LogP contribution in [0.3, 0.4) is 0 Å². The molecule has 0 aliphatic carbocycles. The molecule has 0 fully saturated rings. The third-order valence-electron chi connectivity index (χ3n) is 3.54. The Morgan fingerprint density at radius 2 is 1.68 bits per heavy atom. The maximum atomic E-state index is 10.9. The quantitative estimate of drug-likeness (QED) is 0.813. The average molecular weight is 364 g/mol. The Balaban J connectivity index is 2.12. The number of hydrogen-bond acceptors (Lipinski definition) is 1. The first-order valence-corrected chi connectivity index (χ1v) is 8.84. The van der Waals surface area contributed by atoms with Crippen LogP contribution in [0, 0.1) is 0 Å². The molecule has 1 nitrogen and oxygen atoms in total. The number of hydrogen-bond donors (Lipinski definition) is 1. The van der Waals surface area contributed by atoms with E-state index in [1.807, 2.05) is 19.1 Å². The van der Waals surface area contributed by atoms with Crippen molar-refractivity contribution in [1.82, 2.24) is 0 Å². The Hall–Kier alpha value is -1.07. The molecule has 2 aromatic carbocycles. The van der Waals surface area contributed by atoms with Crippen LogP contribution in [0.1, 0.15) is 24.5 Å². The summed E-state index contributed by atoms with van der Waals surface area (Å²) in [6.45, 7) is 2.04. The van der Waals surface area contributed by atoms with Crippen molar-refractivity contribution in [2.75, 3.05) is 0 Å². The van der Waals surface area contributed by atoms with Gasteiger partial charge in [-0.2, -0.15) is 0 Å². The first-order chi connectivity index (χ1) is 9.23. The molecule has 0 aromatic heterocycles. The molecule has 1 heterocycles. The molecule has 96 valence electrons. The van der Waals surface area contributed by atoms with Crippen LogP contribution in [0.4, 0.5) is 0 Å². The van der Waals surface area contributed by atoms with Crippen molar-refractivity contribution < 1.29 is 5.11 Å². The molecule has 1 atom stereocenters. The topological polar surface area (TPSA) is 20.2 Å². The fraction of sp³-hybridized carbons (Fsp3) is 0.176. The van der Waals surface area contributed by atoms with Crippen LogP contribution >= 0.6 is 0 Å². The predicted octanol–water partition coefficient (Wildman–Crippen LogP) is 2.67. The third kappa shape index (κ3) is 2.37. The minimum absolute atomic E-state index is 0.415. The van der Waals surface area contributed by atoms with Crippen molar-refractivity contribution in [2.45, 2.75) is 18.9 Å². The zero-order chi connectivity index (χ0) is 13.3. The van der Waals surface area contributed by atoms with Crippen molar-refractivity contribution in [3.05, 3.63) is 71.8 Å². The monoisotopic (exact) mass is 366 g/mol. The van der Waals surface area contributed by atoms with Gasteiger partial charge in [0, 0.05) is 0 Å². The summed E-state index contributed by atoms with van der Waals surface area (Å²) in [6, 6.07) is 18.8. The van der Waals surface area contributed by atoms with Crippen LogP contribution in [-0.2, 0) is 5.60 Å². The van der Waals surface area contributed by atoms with Gasteiger partial charge in [0.15, 0.2) is 0 Å². The summed E-state index contributed by atoms with van der Waals surface area (Å²) in [5.74, 6) is 0. The van der Waals surface area contributed by atoms with Crippen molar-refractivity contribution in [1.29, 1.82) is 0 Å². The number of rotatable bonds is 2. The Morgan fingerprint density at radius 1 is 1.00 bits per heavy atom. The molecule has 19 heavy (non-hydrogen) atoms. The van der Waals surface area contributed by atoms with E-state index in [0.29, 0.717) is 6.42 Å². The van der Waals surface area contributed by atoms with E-state index in [2.05, 4.69) is 48.5 Å². The van der Waals surface area contributed by atoms with E-state index >= 15 is 0 Å². The molecule has 3 rings (SSSR count). The van der Waals surface area contributed by atoms with Gasteiger partial charge in [0.05, 0.1) is 0 Å². The van der Waals surface area contributed by atoms with E-state index in [1.54, 1.807) is 0 Å². The van der Waals surface area contributed by atoms with Gasteiger partial charge in [0.2, 0.25) is 0 Å². The number of aliphatic hydroxyl groups is 1. The summed E-state index contributed by atoms with van der Waals surface area (Å²) >= 11 is -0.415. The van der Waals surface area contributed by atoms with Crippen LogP contribution < -0.4 is 3.61 Å². The SMILES string of the molecule is CCC1(O)C=C(c2ccccc2)[Te]c2ccccc21. The summed E-state index contributed by atoms with van der Waals surface area (Å²) in [5.41, 5.74) is 1.57. The van der Waals surface area contributed by atoms with Gasteiger partial charge in [-0.15, -0.1) is 0 Å². The second-order valence-electron chi connectivity index (χ2n) is 4.75. The van der Waals surface area contributed by atoms with Gasteiger partial charge in [-0.1, -0.05) is 0 Å². The van der Waals surface area contributed by atoms with Crippen LogP contribution in [0.25, 0.3) is 3.62 Å². The van der Waals surface area contributed by atoms with Crippen LogP contribution in [0.5, 0.6) is 0 Å². The van der Waals surface area contributed by atoms with Crippen molar-refractivity contribution in [2.24, 2.45) is 0 Å².